The Labute approximate surface area is 109 Å². The third-order valence-electron chi connectivity index (χ3n) is 3.99. The number of rotatable bonds is 2. The Kier molecular flexibility index (Phi) is 2.11. The highest BCUT2D eigenvalue weighted by Crippen LogP contribution is 2.49. The molecule has 3 heterocycles. The second-order valence-electron chi connectivity index (χ2n) is 5.07. The molecule has 5 nitrogen and oxygen atoms in total. The van der Waals surface area contributed by atoms with Crippen LogP contribution in [-0.4, -0.2) is 38.2 Å². The maximum atomic E-state index is 9.50. The lowest BCUT2D eigenvalue weighted by atomic mass is 10.2. The molecule has 3 atom stereocenters. The Morgan fingerprint density at radius 1 is 1.39 bits per heavy atom. The molecule has 0 bridgehead atoms. The minimum atomic E-state index is 0.158. The van der Waals surface area contributed by atoms with Gasteiger partial charge in [-0.25, -0.2) is 0 Å². The van der Waals surface area contributed by atoms with Gasteiger partial charge in [-0.1, -0.05) is 0 Å². The number of anilines is 1. The van der Waals surface area contributed by atoms with E-state index < -0.39 is 0 Å². The monoisotopic (exact) mass is 264 g/mol. The summed E-state index contributed by atoms with van der Waals surface area (Å²) in [6, 6.07) is 4.51. The van der Waals surface area contributed by atoms with Crippen LogP contribution in [0.2, 0.25) is 5.28 Å². The molecular weight excluding hydrogens is 252 g/mol. The fourth-order valence-electron chi connectivity index (χ4n) is 3.10. The van der Waals surface area contributed by atoms with E-state index in [1.54, 1.807) is 0 Å². The lowest BCUT2D eigenvalue weighted by Crippen LogP contribution is -2.37. The van der Waals surface area contributed by atoms with E-state index in [1.165, 1.54) is 6.42 Å². The molecule has 0 radical (unpaired) electrons. The van der Waals surface area contributed by atoms with E-state index in [0.29, 0.717) is 12.0 Å². The van der Waals surface area contributed by atoms with Crippen molar-refractivity contribution >= 4 is 23.2 Å². The summed E-state index contributed by atoms with van der Waals surface area (Å²) in [5.74, 6) is 1.51. The zero-order chi connectivity index (χ0) is 12.3. The van der Waals surface area contributed by atoms with Gasteiger partial charge in [-0.3, -0.25) is 4.40 Å². The van der Waals surface area contributed by atoms with Crippen LogP contribution in [0.4, 0.5) is 5.95 Å². The van der Waals surface area contributed by atoms with Gasteiger partial charge < -0.3 is 10.0 Å². The molecule has 2 aliphatic rings. The zero-order valence-electron chi connectivity index (χ0n) is 9.70. The molecule has 1 N–H and O–H groups in total. The predicted molar refractivity (Wildman–Crippen MR) is 67.9 cm³/mol. The molecule has 1 saturated carbocycles. The highest BCUT2D eigenvalue weighted by Gasteiger charge is 2.52. The van der Waals surface area contributed by atoms with Gasteiger partial charge in [0.05, 0.1) is 12.6 Å². The number of nitrogens with zero attached hydrogens (tertiary/aromatic N) is 4. The van der Waals surface area contributed by atoms with Crippen LogP contribution in [0.5, 0.6) is 0 Å². The molecule has 2 aromatic rings. The van der Waals surface area contributed by atoms with Crippen molar-refractivity contribution in [1.29, 1.82) is 0 Å². The Balaban J connectivity index is 1.88. The van der Waals surface area contributed by atoms with Crippen LogP contribution < -0.4 is 4.90 Å². The average molecular weight is 265 g/mol. The summed E-state index contributed by atoms with van der Waals surface area (Å²) >= 11 is 5.99. The van der Waals surface area contributed by atoms with Crippen LogP contribution in [0.15, 0.2) is 18.3 Å². The standard InChI is InChI=1S/C12H13ClN4O/c13-11-14-10-2-1-3-16(10)12(15-11)17-8(6-18)4-7-5-9(7)17/h1-3,7-9,18H,4-6H2/t7-,8-,9+/m0/s1. The lowest BCUT2D eigenvalue weighted by molar-refractivity contribution is 0.258. The van der Waals surface area contributed by atoms with Crippen molar-refractivity contribution in [3.63, 3.8) is 0 Å². The summed E-state index contributed by atoms with van der Waals surface area (Å²) in [5.41, 5.74) is 0.797. The Morgan fingerprint density at radius 3 is 3.11 bits per heavy atom. The summed E-state index contributed by atoms with van der Waals surface area (Å²) in [7, 11) is 0. The first-order valence-electron chi connectivity index (χ1n) is 6.17. The second kappa shape index (κ2) is 3.59. The fourth-order valence-corrected chi connectivity index (χ4v) is 3.27. The first-order valence-corrected chi connectivity index (χ1v) is 6.55. The van der Waals surface area contributed by atoms with Gasteiger partial charge in [-0.2, -0.15) is 9.97 Å². The Hall–Kier alpha value is -1.33. The number of halogens is 1. The topological polar surface area (TPSA) is 53.7 Å². The number of aliphatic hydroxyl groups excluding tert-OH is 1. The van der Waals surface area contributed by atoms with Crippen molar-refractivity contribution in [3.8, 4) is 0 Å². The molecule has 2 aromatic heterocycles. The number of hydrogen-bond acceptors (Lipinski definition) is 4. The van der Waals surface area contributed by atoms with Gasteiger partial charge in [0.1, 0.15) is 5.65 Å². The summed E-state index contributed by atoms with van der Waals surface area (Å²) < 4.78 is 1.94. The maximum Gasteiger partial charge on any atom is 0.227 e. The lowest BCUT2D eigenvalue weighted by Gasteiger charge is -2.27. The van der Waals surface area contributed by atoms with E-state index in [0.717, 1.165) is 18.0 Å². The number of aromatic nitrogens is 3. The molecule has 18 heavy (non-hydrogen) atoms. The molecule has 1 aliphatic heterocycles. The van der Waals surface area contributed by atoms with Gasteiger partial charge in [-0.15, -0.1) is 0 Å². The fraction of sp³-hybridized carbons (Fsp3) is 0.500. The average Bonchev–Trinajstić information content (AvgIpc) is 2.83. The van der Waals surface area contributed by atoms with Crippen LogP contribution in [0, 0.1) is 5.92 Å². The van der Waals surface area contributed by atoms with Crippen LogP contribution in [0.1, 0.15) is 12.8 Å². The summed E-state index contributed by atoms with van der Waals surface area (Å²) in [5, 5.41) is 9.76. The van der Waals surface area contributed by atoms with Gasteiger partial charge >= 0.3 is 0 Å². The van der Waals surface area contributed by atoms with E-state index in [2.05, 4.69) is 14.9 Å². The van der Waals surface area contributed by atoms with E-state index in [-0.39, 0.29) is 17.9 Å². The van der Waals surface area contributed by atoms with Crippen LogP contribution in [0.25, 0.3) is 5.65 Å². The molecule has 94 valence electrons. The largest absolute Gasteiger partial charge is 0.394 e. The number of fused-ring (bicyclic) bond motifs is 2. The van der Waals surface area contributed by atoms with Crippen molar-refractivity contribution in [3.05, 3.63) is 23.6 Å². The van der Waals surface area contributed by atoms with Crippen LogP contribution >= 0.6 is 11.6 Å². The molecule has 6 heteroatoms. The zero-order valence-corrected chi connectivity index (χ0v) is 10.5. The summed E-state index contributed by atoms with van der Waals surface area (Å²) in [6.07, 6.45) is 4.18. The minimum absolute atomic E-state index is 0.158. The van der Waals surface area contributed by atoms with Gasteiger partial charge in [0.2, 0.25) is 11.2 Å². The van der Waals surface area contributed by atoms with Crippen molar-refractivity contribution in [2.24, 2.45) is 5.92 Å². The number of hydrogen-bond donors (Lipinski definition) is 1. The van der Waals surface area contributed by atoms with Crippen molar-refractivity contribution in [1.82, 2.24) is 14.4 Å². The van der Waals surface area contributed by atoms with Crippen LogP contribution in [-0.2, 0) is 0 Å². The SMILES string of the molecule is OC[C@@H]1C[C@H]2C[C@H]2N1c1nc(Cl)nc2cccn12. The summed E-state index contributed by atoms with van der Waals surface area (Å²) in [6.45, 7) is 0.164. The van der Waals surface area contributed by atoms with Gasteiger partial charge in [0.15, 0.2) is 0 Å². The van der Waals surface area contributed by atoms with E-state index >= 15 is 0 Å². The first-order chi connectivity index (χ1) is 8.78. The third kappa shape index (κ3) is 1.37. The molecule has 0 spiro atoms. The third-order valence-corrected chi connectivity index (χ3v) is 4.16. The highest BCUT2D eigenvalue weighted by molar-refractivity contribution is 6.28. The number of piperidine rings is 1. The number of aliphatic hydroxyl groups is 1. The molecular formula is C12H13ClN4O. The summed E-state index contributed by atoms with van der Waals surface area (Å²) in [4.78, 5) is 10.8. The molecule has 2 fully saturated rings. The van der Waals surface area contributed by atoms with Crippen molar-refractivity contribution < 1.29 is 5.11 Å². The Morgan fingerprint density at radius 2 is 2.28 bits per heavy atom. The van der Waals surface area contributed by atoms with Gasteiger partial charge in [0.25, 0.3) is 0 Å². The smallest absolute Gasteiger partial charge is 0.227 e. The van der Waals surface area contributed by atoms with Crippen molar-refractivity contribution in [2.45, 2.75) is 24.9 Å². The second-order valence-corrected chi connectivity index (χ2v) is 5.41. The van der Waals surface area contributed by atoms with E-state index in [9.17, 15) is 5.11 Å². The van der Waals surface area contributed by atoms with E-state index in [1.807, 2.05) is 22.7 Å². The van der Waals surface area contributed by atoms with Crippen LogP contribution in [0.3, 0.4) is 0 Å². The van der Waals surface area contributed by atoms with E-state index in [4.69, 9.17) is 11.6 Å². The van der Waals surface area contributed by atoms with Gasteiger partial charge in [-0.05, 0) is 42.5 Å². The molecule has 4 rings (SSSR count). The molecule has 1 saturated heterocycles. The minimum Gasteiger partial charge on any atom is -0.394 e. The predicted octanol–water partition coefficient (Wildman–Crippen LogP) is 1.34. The van der Waals surface area contributed by atoms with Gasteiger partial charge in [0, 0.05) is 12.2 Å². The molecule has 0 aromatic carbocycles. The van der Waals surface area contributed by atoms with Crippen molar-refractivity contribution in [2.75, 3.05) is 11.5 Å². The molecule has 0 unspecified atom stereocenters. The molecule has 1 aliphatic carbocycles. The highest BCUT2D eigenvalue weighted by atomic mass is 35.5. The molecule has 0 amide bonds. The first kappa shape index (κ1) is 10.6. The maximum absolute atomic E-state index is 9.50. The Bertz CT molecular complexity index is 613. The normalized spacial score (nSPS) is 29.9. The quantitative estimate of drug-likeness (QED) is 0.890.